The molecule has 4 nitrogen and oxygen atoms in total. The van der Waals surface area contributed by atoms with Gasteiger partial charge in [0.2, 0.25) is 0 Å². The molecule has 0 aromatic heterocycles. The monoisotopic (exact) mass is 359 g/mol. The standard InChI is InChI=1S/C22H33NO3/c1-5-7-9-17-15-19(22(26-4)21(16-17)25-3)20(24)12-11-18-10-8-14-23(18)13-6-2/h6,15-16,18H,2,5,7-14H2,1,3-4H3. The molecule has 0 amide bonds. The van der Waals surface area contributed by atoms with E-state index in [1.165, 1.54) is 6.42 Å². The van der Waals surface area contributed by atoms with Gasteiger partial charge < -0.3 is 9.47 Å². The number of ketones is 1. The summed E-state index contributed by atoms with van der Waals surface area (Å²) in [5.41, 5.74) is 1.80. The fourth-order valence-electron chi connectivity index (χ4n) is 3.81. The highest BCUT2D eigenvalue weighted by Gasteiger charge is 2.25. The highest BCUT2D eigenvalue weighted by atomic mass is 16.5. The minimum absolute atomic E-state index is 0.143. The van der Waals surface area contributed by atoms with Gasteiger partial charge in [-0.05, 0) is 56.3 Å². The molecule has 0 radical (unpaired) electrons. The number of carbonyl (C=O) groups is 1. The Morgan fingerprint density at radius 2 is 2.15 bits per heavy atom. The van der Waals surface area contributed by atoms with E-state index in [1.54, 1.807) is 14.2 Å². The van der Waals surface area contributed by atoms with E-state index < -0.39 is 0 Å². The summed E-state index contributed by atoms with van der Waals surface area (Å²) in [4.78, 5) is 15.4. The molecule has 1 atom stereocenters. The normalized spacial score (nSPS) is 17.3. The zero-order valence-electron chi connectivity index (χ0n) is 16.6. The molecule has 0 saturated carbocycles. The Labute approximate surface area is 158 Å². The van der Waals surface area contributed by atoms with Crippen LogP contribution in [0.4, 0.5) is 0 Å². The second-order valence-corrected chi connectivity index (χ2v) is 7.02. The molecule has 144 valence electrons. The molecule has 0 bridgehead atoms. The summed E-state index contributed by atoms with van der Waals surface area (Å²) in [6, 6.07) is 4.47. The van der Waals surface area contributed by atoms with Crippen molar-refractivity contribution < 1.29 is 14.3 Å². The summed E-state index contributed by atoms with van der Waals surface area (Å²) in [6.45, 7) is 8.02. The van der Waals surface area contributed by atoms with Crippen LogP contribution in [0.3, 0.4) is 0 Å². The Balaban J connectivity index is 2.14. The molecule has 26 heavy (non-hydrogen) atoms. The van der Waals surface area contributed by atoms with Crippen molar-refractivity contribution in [2.45, 2.75) is 57.9 Å². The lowest BCUT2D eigenvalue weighted by atomic mass is 9.97. The van der Waals surface area contributed by atoms with Crippen LogP contribution in [0.2, 0.25) is 0 Å². The maximum Gasteiger partial charge on any atom is 0.171 e. The lowest BCUT2D eigenvalue weighted by molar-refractivity contribution is 0.0965. The summed E-state index contributed by atoms with van der Waals surface area (Å²) < 4.78 is 11.0. The summed E-state index contributed by atoms with van der Waals surface area (Å²) in [6.07, 6.45) is 8.92. The number of ether oxygens (including phenoxy) is 2. The molecule has 1 aromatic rings. The fourth-order valence-corrected chi connectivity index (χ4v) is 3.81. The van der Waals surface area contributed by atoms with Gasteiger partial charge in [-0.1, -0.05) is 19.4 Å². The molecule has 0 N–H and O–H groups in total. The van der Waals surface area contributed by atoms with Crippen LogP contribution in [0.5, 0.6) is 11.5 Å². The third-order valence-corrected chi connectivity index (χ3v) is 5.23. The fraction of sp³-hybridized carbons (Fsp3) is 0.591. The summed E-state index contributed by atoms with van der Waals surface area (Å²) in [5.74, 6) is 1.36. The van der Waals surface area contributed by atoms with Gasteiger partial charge in [0.15, 0.2) is 17.3 Å². The van der Waals surface area contributed by atoms with E-state index in [-0.39, 0.29) is 5.78 Å². The van der Waals surface area contributed by atoms with Gasteiger partial charge in [-0.25, -0.2) is 0 Å². The average Bonchev–Trinajstić information content (AvgIpc) is 3.10. The van der Waals surface area contributed by atoms with Gasteiger partial charge >= 0.3 is 0 Å². The van der Waals surface area contributed by atoms with E-state index in [9.17, 15) is 4.79 Å². The van der Waals surface area contributed by atoms with Gasteiger partial charge in [0.05, 0.1) is 19.8 Å². The first-order chi connectivity index (χ1) is 12.6. The minimum atomic E-state index is 0.143. The number of methoxy groups -OCH3 is 2. The lowest BCUT2D eigenvalue weighted by Gasteiger charge is -2.22. The van der Waals surface area contributed by atoms with Gasteiger partial charge in [0, 0.05) is 19.0 Å². The number of rotatable bonds is 11. The van der Waals surface area contributed by atoms with Crippen LogP contribution in [0.1, 0.15) is 61.4 Å². The lowest BCUT2D eigenvalue weighted by Crippen LogP contribution is -2.29. The Morgan fingerprint density at radius 3 is 2.81 bits per heavy atom. The summed E-state index contributed by atoms with van der Waals surface area (Å²) >= 11 is 0. The molecule has 1 unspecified atom stereocenters. The number of aryl methyl sites for hydroxylation is 1. The van der Waals surface area contributed by atoms with Crippen LogP contribution in [0.25, 0.3) is 0 Å². The van der Waals surface area contributed by atoms with E-state index >= 15 is 0 Å². The zero-order chi connectivity index (χ0) is 18.9. The van der Waals surface area contributed by atoms with Gasteiger partial charge in [-0.15, -0.1) is 6.58 Å². The van der Waals surface area contributed by atoms with E-state index in [0.717, 1.165) is 50.8 Å². The van der Waals surface area contributed by atoms with Crippen molar-refractivity contribution in [3.8, 4) is 11.5 Å². The van der Waals surface area contributed by atoms with E-state index in [2.05, 4.69) is 18.4 Å². The maximum atomic E-state index is 13.0. The quantitative estimate of drug-likeness (QED) is 0.425. The SMILES string of the molecule is C=CCN1CCCC1CCC(=O)c1cc(CCCC)cc(OC)c1OC. The first-order valence-electron chi connectivity index (χ1n) is 9.77. The molecule has 1 aliphatic heterocycles. The summed E-state index contributed by atoms with van der Waals surface area (Å²) in [7, 11) is 3.23. The number of Topliss-reactive ketones (excluding diaryl/α,β-unsaturated/α-hetero) is 1. The molecule has 1 fully saturated rings. The number of hydrogen-bond donors (Lipinski definition) is 0. The molecule has 2 rings (SSSR count). The Morgan fingerprint density at radius 1 is 1.35 bits per heavy atom. The minimum Gasteiger partial charge on any atom is -0.493 e. The highest BCUT2D eigenvalue weighted by Crippen LogP contribution is 2.34. The van der Waals surface area contributed by atoms with Crippen LogP contribution in [0.15, 0.2) is 24.8 Å². The Kier molecular flexibility index (Phi) is 8.17. The van der Waals surface area contributed by atoms with Crippen molar-refractivity contribution in [1.82, 2.24) is 4.90 Å². The maximum absolute atomic E-state index is 13.0. The van der Waals surface area contributed by atoms with E-state index in [4.69, 9.17) is 9.47 Å². The smallest absolute Gasteiger partial charge is 0.171 e. The summed E-state index contributed by atoms with van der Waals surface area (Å²) in [5, 5.41) is 0. The Hall–Kier alpha value is -1.81. The second kappa shape index (κ2) is 10.4. The highest BCUT2D eigenvalue weighted by molar-refractivity contribution is 5.99. The second-order valence-electron chi connectivity index (χ2n) is 7.02. The molecule has 4 heteroatoms. The van der Waals surface area contributed by atoms with Crippen LogP contribution < -0.4 is 9.47 Å². The largest absolute Gasteiger partial charge is 0.493 e. The number of benzene rings is 1. The van der Waals surface area contributed by atoms with Crippen molar-refractivity contribution in [3.63, 3.8) is 0 Å². The molecular weight excluding hydrogens is 326 g/mol. The molecule has 1 aliphatic rings. The van der Waals surface area contributed by atoms with Crippen LogP contribution >= 0.6 is 0 Å². The van der Waals surface area contributed by atoms with Crippen LogP contribution in [-0.2, 0) is 6.42 Å². The zero-order valence-corrected chi connectivity index (χ0v) is 16.6. The van der Waals surface area contributed by atoms with Crippen molar-refractivity contribution in [2.24, 2.45) is 0 Å². The molecule has 1 aromatic carbocycles. The van der Waals surface area contributed by atoms with E-state index in [0.29, 0.717) is 29.5 Å². The molecular formula is C22H33NO3. The van der Waals surface area contributed by atoms with Crippen LogP contribution in [-0.4, -0.2) is 44.0 Å². The van der Waals surface area contributed by atoms with Gasteiger partial charge in [-0.2, -0.15) is 0 Å². The molecule has 1 heterocycles. The number of likely N-dealkylation sites (tertiary alicyclic amines) is 1. The van der Waals surface area contributed by atoms with Crippen LogP contribution in [0, 0.1) is 0 Å². The first-order valence-corrected chi connectivity index (χ1v) is 9.77. The van der Waals surface area contributed by atoms with Gasteiger partial charge in [-0.3, -0.25) is 9.69 Å². The Bertz CT molecular complexity index is 612. The predicted octanol–water partition coefficient (Wildman–Crippen LogP) is 4.66. The van der Waals surface area contributed by atoms with Crippen molar-refractivity contribution >= 4 is 5.78 Å². The number of hydrogen-bond acceptors (Lipinski definition) is 4. The number of carbonyl (C=O) groups excluding carboxylic acids is 1. The number of unbranched alkanes of at least 4 members (excludes halogenated alkanes) is 1. The molecule has 1 saturated heterocycles. The van der Waals surface area contributed by atoms with Crippen molar-refractivity contribution in [2.75, 3.05) is 27.3 Å². The van der Waals surface area contributed by atoms with E-state index in [1.807, 2.05) is 18.2 Å². The molecule has 0 spiro atoms. The topological polar surface area (TPSA) is 38.8 Å². The average molecular weight is 360 g/mol. The van der Waals surface area contributed by atoms with Gasteiger partial charge in [0.1, 0.15) is 0 Å². The third kappa shape index (κ3) is 5.10. The van der Waals surface area contributed by atoms with Crippen molar-refractivity contribution in [1.29, 1.82) is 0 Å². The third-order valence-electron chi connectivity index (χ3n) is 5.23. The van der Waals surface area contributed by atoms with Gasteiger partial charge in [0.25, 0.3) is 0 Å². The predicted molar refractivity (Wildman–Crippen MR) is 107 cm³/mol. The molecule has 0 aliphatic carbocycles. The van der Waals surface area contributed by atoms with Crippen molar-refractivity contribution in [3.05, 3.63) is 35.9 Å². The number of nitrogens with zero attached hydrogens (tertiary/aromatic N) is 1. The first kappa shape index (κ1) is 20.5.